The highest BCUT2D eigenvalue weighted by atomic mass is 16.4. The van der Waals surface area contributed by atoms with Crippen LogP contribution >= 0.6 is 0 Å². The fourth-order valence-corrected chi connectivity index (χ4v) is 4.96. The molecular weight excluding hydrogens is 544 g/mol. The van der Waals surface area contributed by atoms with Gasteiger partial charge in [0.15, 0.2) is 0 Å². The van der Waals surface area contributed by atoms with E-state index in [1.807, 2.05) is 24.3 Å². The second-order valence-electron chi connectivity index (χ2n) is 9.41. The summed E-state index contributed by atoms with van der Waals surface area (Å²) in [5.74, 6) is -7.27. The molecule has 6 N–H and O–H groups in total. The summed E-state index contributed by atoms with van der Waals surface area (Å²) in [6, 6.07) is 13.1. The minimum absolute atomic E-state index is 0.116. The largest absolute Gasteiger partial charge is 0.478 e. The molecule has 0 unspecified atom stereocenters. The zero-order chi connectivity index (χ0) is 29.7. The first-order valence-electron chi connectivity index (χ1n) is 12.3. The van der Waals surface area contributed by atoms with Crippen molar-refractivity contribution in [2.45, 2.75) is 0 Å². The fraction of sp³-hybridized carbons (Fsp3) is 0. The van der Waals surface area contributed by atoms with Crippen molar-refractivity contribution >= 4 is 70.2 Å². The van der Waals surface area contributed by atoms with Gasteiger partial charge in [0, 0.05) is 33.2 Å². The zero-order valence-corrected chi connectivity index (χ0v) is 21.2. The third-order valence-corrected chi connectivity index (χ3v) is 6.66. The summed E-state index contributed by atoms with van der Waals surface area (Å²) in [7, 11) is 0. The number of aromatic carboxylic acids is 4. The number of nitrogens with zero attached hydrogens (tertiary/aromatic N) is 2. The van der Waals surface area contributed by atoms with Crippen LogP contribution < -0.4 is 0 Å². The minimum atomic E-state index is -1.90. The van der Waals surface area contributed by atoms with Crippen LogP contribution in [0.1, 0.15) is 64.2 Å². The molecule has 0 fully saturated rings. The smallest absolute Gasteiger partial charge is 0.337 e. The highest BCUT2D eigenvalue weighted by molar-refractivity contribution is 6.17. The second kappa shape index (κ2) is 9.71. The van der Waals surface area contributed by atoms with E-state index in [1.54, 1.807) is 36.4 Å². The summed E-state index contributed by atoms with van der Waals surface area (Å²) in [5, 5.41) is 39.4. The zero-order valence-electron chi connectivity index (χ0n) is 21.2. The van der Waals surface area contributed by atoms with E-state index >= 15 is 0 Å². The lowest BCUT2D eigenvalue weighted by atomic mass is 9.88. The van der Waals surface area contributed by atoms with E-state index < -0.39 is 46.1 Å². The normalized spacial score (nSPS) is 11.9. The van der Waals surface area contributed by atoms with Gasteiger partial charge >= 0.3 is 23.9 Å². The second-order valence-corrected chi connectivity index (χ2v) is 9.41. The van der Waals surface area contributed by atoms with Gasteiger partial charge in [-0.1, -0.05) is 0 Å². The summed E-state index contributed by atoms with van der Waals surface area (Å²) in [6.07, 6.45) is 7.06. The van der Waals surface area contributed by atoms with Crippen molar-refractivity contribution in [3.8, 4) is 11.1 Å². The number of carbonyl (C=O) groups is 4. The minimum Gasteiger partial charge on any atom is -0.478 e. The van der Waals surface area contributed by atoms with E-state index in [2.05, 4.69) is 19.9 Å². The van der Waals surface area contributed by atoms with Gasteiger partial charge in [-0.25, -0.2) is 29.1 Å². The Bertz CT molecular complexity index is 2120. The van der Waals surface area contributed by atoms with Gasteiger partial charge < -0.3 is 30.4 Å². The monoisotopic (exact) mass is 562 g/mol. The number of benzene rings is 1. The average Bonchev–Trinajstić information content (AvgIpc) is 3.72. The SMILES string of the molecule is O=C(O)c1cc(-c2cc3cc4nc(cc5ccc(cc6nc(cc2[nH]3)C=C6)[nH]5)C=C4)c(C(=O)O)c(C(=O)O)c1C(=O)O. The van der Waals surface area contributed by atoms with Gasteiger partial charge in [-0.15, -0.1) is 0 Å². The maximum absolute atomic E-state index is 12.4. The lowest BCUT2D eigenvalue weighted by Gasteiger charge is -2.14. The van der Waals surface area contributed by atoms with E-state index in [4.69, 9.17) is 0 Å². The molecule has 1 aromatic carbocycles. The van der Waals surface area contributed by atoms with Crippen molar-refractivity contribution in [3.05, 3.63) is 93.6 Å². The van der Waals surface area contributed by atoms with Crippen molar-refractivity contribution in [2.24, 2.45) is 0 Å². The number of carboxylic acids is 4. The van der Waals surface area contributed by atoms with Gasteiger partial charge in [-0.2, -0.15) is 0 Å². The van der Waals surface area contributed by atoms with E-state index in [9.17, 15) is 39.6 Å². The van der Waals surface area contributed by atoms with Crippen molar-refractivity contribution in [1.82, 2.24) is 19.9 Å². The van der Waals surface area contributed by atoms with Gasteiger partial charge in [0.05, 0.1) is 45.0 Å². The Morgan fingerprint density at radius 2 is 1.00 bits per heavy atom. The van der Waals surface area contributed by atoms with Crippen LogP contribution in [-0.2, 0) is 0 Å². The highest BCUT2D eigenvalue weighted by Gasteiger charge is 2.33. The summed E-state index contributed by atoms with van der Waals surface area (Å²) < 4.78 is 0. The van der Waals surface area contributed by atoms with Crippen molar-refractivity contribution in [2.75, 3.05) is 0 Å². The first kappa shape index (κ1) is 26.0. The molecule has 0 atom stereocenters. The Morgan fingerprint density at radius 3 is 1.50 bits per heavy atom. The van der Waals surface area contributed by atoms with Crippen LogP contribution in [0.3, 0.4) is 0 Å². The van der Waals surface area contributed by atoms with Crippen LogP contribution in [-0.4, -0.2) is 64.2 Å². The highest BCUT2D eigenvalue weighted by Crippen LogP contribution is 2.35. The molecule has 0 saturated carbocycles. The number of fused-ring (bicyclic) bond motifs is 8. The number of rotatable bonds is 5. The number of hydrogen-bond donors (Lipinski definition) is 6. The number of aromatic amines is 2. The molecule has 0 amide bonds. The van der Waals surface area contributed by atoms with E-state index in [1.165, 1.54) is 6.07 Å². The Kier molecular flexibility index (Phi) is 6.00. The molecule has 2 aliphatic heterocycles. The third-order valence-electron chi connectivity index (χ3n) is 6.66. The predicted octanol–water partition coefficient (Wildman–Crippen LogP) is 5.12. The summed E-state index contributed by atoms with van der Waals surface area (Å²) in [4.78, 5) is 64.2. The Morgan fingerprint density at radius 1 is 0.500 bits per heavy atom. The quantitative estimate of drug-likeness (QED) is 0.163. The number of H-pyrrole nitrogens is 2. The molecule has 42 heavy (non-hydrogen) atoms. The Labute approximate surface area is 234 Å². The molecular formula is C30H18N4O8. The van der Waals surface area contributed by atoms with Gasteiger partial charge in [0.2, 0.25) is 0 Å². The molecule has 5 heterocycles. The maximum Gasteiger partial charge on any atom is 0.337 e. The van der Waals surface area contributed by atoms with Gasteiger partial charge in [-0.3, -0.25) is 0 Å². The van der Waals surface area contributed by atoms with Crippen LogP contribution in [0.2, 0.25) is 0 Å². The number of hydrogen-bond acceptors (Lipinski definition) is 6. The number of aromatic nitrogens is 4. The van der Waals surface area contributed by atoms with Crippen LogP contribution in [0.15, 0.2) is 48.5 Å². The molecule has 0 radical (unpaired) electrons. The van der Waals surface area contributed by atoms with E-state index in [0.717, 1.165) is 17.1 Å². The first-order chi connectivity index (χ1) is 20.1. The fourth-order valence-electron chi connectivity index (χ4n) is 4.96. The Balaban J connectivity index is 1.75. The lowest BCUT2D eigenvalue weighted by Crippen LogP contribution is -2.20. The summed E-state index contributed by atoms with van der Waals surface area (Å²) >= 11 is 0. The summed E-state index contributed by atoms with van der Waals surface area (Å²) in [5.41, 5.74) is 0.429. The van der Waals surface area contributed by atoms with Gasteiger partial charge in [0.25, 0.3) is 0 Å². The van der Waals surface area contributed by atoms with Crippen LogP contribution in [0.25, 0.3) is 57.5 Å². The molecule has 4 aromatic rings. The molecule has 0 aliphatic carbocycles. The number of nitrogens with one attached hydrogen (secondary N) is 2. The van der Waals surface area contributed by atoms with E-state index in [0.29, 0.717) is 28.3 Å². The van der Waals surface area contributed by atoms with Crippen LogP contribution in [0.4, 0.5) is 0 Å². The Hall–Kier alpha value is -6.30. The first-order valence-corrected chi connectivity index (χ1v) is 12.3. The topological polar surface area (TPSA) is 207 Å². The van der Waals surface area contributed by atoms with E-state index in [-0.39, 0.29) is 16.6 Å². The van der Waals surface area contributed by atoms with Crippen LogP contribution in [0.5, 0.6) is 0 Å². The van der Waals surface area contributed by atoms with Gasteiger partial charge in [0.1, 0.15) is 0 Å². The molecule has 8 bridgehead atoms. The average molecular weight is 562 g/mol. The molecule has 3 aromatic heterocycles. The summed E-state index contributed by atoms with van der Waals surface area (Å²) in [6.45, 7) is 0. The predicted molar refractivity (Wildman–Crippen MR) is 152 cm³/mol. The molecule has 6 rings (SSSR count). The molecule has 0 saturated heterocycles. The molecule has 12 nitrogen and oxygen atoms in total. The van der Waals surface area contributed by atoms with Crippen molar-refractivity contribution in [3.63, 3.8) is 0 Å². The maximum atomic E-state index is 12.4. The van der Waals surface area contributed by atoms with Gasteiger partial charge in [-0.05, 0) is 72.8 Å². The van der Waals surface area contributed by atoms with Crippen molar-refractivity contribution < 1.29 is 39.6 Å². The standard InChI is InChI=1S/C30H18N4O8/c35-27(36)22-12-21(24(28(37)38)26(30(41)42)25(22)29(39)40)20-10-19-9-17-4-3-15(32-17)7-13-1-2-14(31-13)8-16-5-6-18(33-16)11-23(20)34-19/h1-12,31,34H,(H,35,36)(H,37,38)(H,39,40)(H,41,42). The van der Waals surface area contributed by atoms with Crippen molar-refractivity contribution in [1.29, 1.82) is 0 Å². The molecule has 206 valence electrons. The third kappa shape index (κ3) is 4.58. The molecule has 0 spiro atoms. The van der Waals surface area contributed by atoms with Crippen LogP contribution in [0, 0.1) is 0 Å². The number of carboxylic acid groups (broad SMARTS) is 4. The lowest BCUT2D eigenvalue weighted by molar-refractivity contribution is 0.0620. The molecule has 2 aliphatic rings. The molecule has 12 heteroatoms.